The van der Waals surface area contributed by atoms with Crippen molar-refractivity contribution in [1.82, 2.24) is 4.90 Å². The lowest BCUT2D eigenvalue weighted by atomic mass is 9.99. The summed E-state index contributed by atoms with van der Waals surface area (Å²) in [4.78, 5) is 25.3. The quantitative estimate of drug-likeness (QED) is 0.812. The molecule has 2 heterocycles. The molecule has 1 saturated heterocycles. The summed E-state index contributed by atoms with van der Waals surface area (Å²) in [6.45, 7) is 6.91. The van der Waals surface area contributed by atoms with Crippen molar-refractivity contribution >= 4 is 16.9 Å². The highest BCUT2D eigenvalue weighted by Crippen LogP contribution is 2.31. The molecule has 0 saturated carbocycles. The van der Waals surface area contributed by atoms with Gasteiger partial charge in [0.1, 0.15) is 11.3 Å². The maximum atomic E-state index is 11.9. The van der Waals surface area contributed by atoms with Crippen molar-refractivity contribution in [2.75, 3.05) is 20.2 Å². The number of ether oxygens (including phenoxy) is 1. The van der Waals surface area contributed by atoms with E-state index in [9.17, 15) is 9.59 Å². The molecule has 5 heteroatoms. The molecular weight excluding hydrogens is 306 g/mol. The van der Waals surface area contributed by atoms with Crippen molar-refractivity contribution in [3.63, 3.8) is 0 Å². The van der Waals surface area contributed by atoms with Gasteiger partial charge in [0.15, 0.2) is 0 Å². The maximum Gasteiger partial charge on any atom is 0.339 e. The number of likely N-dealkylation sites (tertiary alicyclic amines) is 1. The van der Waals surface area contributed by atoms with Crippen LogP contribution in [0.25, 0.3) is 11.0 Å². The van der Waals surface area contributed by atoms with E-state index < -0.39 is 0 Å². The molecule has 0 aliphatic carbocycles. The first-order valence-corrected chi connectivity index (χ1v) is 8.28. The Hall–Kier alpha value is -2.30. The van der Waals surface area contributed by atoms with Crippen LogP contribution in [0.2, 0.25) is 0 Å². The molecule has 0 radical (unpaired) electrons. The van der Waals surface area contributed by atoms with E-state index in [4.69, 9.17) is 9.15 Å². The Morgan fingerprint density at radius 2 is 1.96 bits per heavy atom. The van der Waals surface area contributed by atoms with Crippen LogP contribution in [-0.4, -0.2) is 31.0 Å². The third-order valence-electron chi connectivity index (χ3n) is 4.86. The van der Waals surface area contributed by atoms with Crippen molar-refractivity contribution in [2.45, 2.75) is 33.6 Å². The molecule has 128 valence electrons. The Morgan fingerprint density at radius 3 is 2.67 bits per heavy atom. The standard InChI is InChI=1S/C19H23NO4/c1-11-7-15(23-10-14-5-6-17(21)20(4)9-14)18-12(2)13(3)19(22)24-16(18)8-11/h7-8,14H,5-6,9-10H2,1-4H3. The lowest BCUT2D eigenvalue weighted by Gasteiger charge is -2.29. The molecule has 1 aliphatic rings. The highest BCUT2D eigenvalue weighted by atomic mass is 16.5. The predicted molar refractivity (Wildman–Crippen MR) is 92.6 cm³/mol. The van der Waals surface area contributed by atoms with Crippen LogP contribution in [0.3, 0.4) is 0 Å². The molecule has 1 amide bonds. The summed E-state index contributed by atoms with van der Waals surface area (Å²) >= 11 is 0. The first kappa shape index (κ1) is 16.6. The summed E-state index contributed by atoms with van der Waals surface area (Å²) < 4.78 is 11.5. The fourth-order valence-electron chi connectivity index (χ4n) is 3.24. The number of benzene rings is 1. The second-order valence-electron chi connectivity index (χ2n) is 6.77. The van der Waals surface area contributed by atoms with E-state index in [1.54, 1.807) is 11.8 Å². The third kappa shape index (κ3) is 3.03. The molecule has 1 unspecified atom stereocenters. The minimum atomic E-state index is -0.302. The normalized spacial score (nSPS) is 18.2. The fourth-order valence-corrected chi connectivity index (χ4v) is 3.24. The van der Waals surface area contributed by atoms with Crippen molar-refractivity contribution in [2.24, 2.45) is 5.92 Å². The predicted octanol–water partition coefficient (Wildman–Crippen LogP) is 2.97. The van der Waals surface area contributed by atoms with Gasteiger partial charge in [-0.15, -0.1) is 0 Å². The molecule has 3 rings (SSSR count). The zero-order valence-electron chi connectivity index (χ0n) is 14.6. The average molecular weight is 329 g/mol. The van der Waals surface area contributed by atoms with Gasteiger partial charge in [0.05, 0.1) is 12.0 Å². The largest absolute Gasteiger partial charge is 0.492 e. The van der Waals surface area contributed by atoms with Gasteiger partial charge in [-0.1, -0.05) is 0 Å². The van der Waals surface area contributed by atoms with Gasteiger partial charge in [-0.25, -0.2) is 4.79 Å². The van der Waals surface area contributed by atoms with E-state index in [1.165, 1.54) is 0 Å². The van der Waals surface area contributed by atoms with Crippen molar-refractivity contribution < 1.29 is 13.9 Å². The number of carbonyl (C=O) groups excluding carboxylic acids is 1. The zero-order chi connectivity index (χ0) is 17.4. The van der Waals surface area contributed by atoms with Gasteiger partial charge < -0.3 is 14.1 Å². The highest BCUT2D eigenvalue weighted by Gasteiger charge is 2.24. The number of hydrogen-bond acceptors (Lipinski definition) is 4. The van der Waals surface area contributed by atoms with Crippen LogP contribution < -0.4 is 10.4 Å². The Morgan fingerprint density at radius 1 is 1.21 bits per heavy atom. The van der Waals surface area contributed by atoms with Gasteiger partial charge in [-0.3, -0.25) is 4.79 Å². The Labute approximate surface area is 141 Å². The van der Waals surface area contributed by atoms with E-state index in [-0.39, 0.29) is 11.5 Å². The molecular formula is C19H23NO4. The summed E-state index contributed by atoms with van der Waals surface area (Å²) in [6, 6.07) is 3.84. The second kappa shape index (κ2) is 6.30. The van der Waals surface area contributed by atoms with Crippen LogP contribution in [0, 0.1) is 26.7 Å². The zero-order valence-corrected chi connectivity index (χ0v) is 14.6. The average Bonchev–Trinajstić information content (AvgIpc) is 2.53. The molecule has 0 spiro atoms. The monoisotopic (exact) mass is 329 g/mol. The number of hydrogen-bond donors (Lipinski definition) is 0. The first-order valence-electron chi connectivity index (χ1n) is 8.28. The first-order chi connectivity index (χ1) is 11.4. The van der Waals surface area contributed by atoms with Crippen LogP contribution in [0.5, 0.6) is 5.75 Å². The van der Waals surface area contributed by atoms with Crippen LogP contribution in [-0.2, 0) is 4.79 Å². The van der Waals surface area contributed by atoms with Crippen LogP contribution in [0.1, 0.15) is 29.5 Å². The molecule has 0 bridgehead atoms. The van der Waals surface area contributed by atoms with Gasteiger partial charge in [-0.2, -0.15) is 0 Å². The summed E-state index contributed by atoms with van der Waals surface area (Å²) in [5.41, 5.74) is 2.75. The number of carbonyl (C=O) groups is 1. The summed E-state index contributed by atoms with van der Waals surface area (Å²) in [6.07, 6.45) is 1.42. The van der Waals surface area contributed by atoms with Crippen molar-refractivity contribution in [3.8, 4) is 5.75 Å². The Bertz CT molecular complexity index is 853. The van der Waals surface area contributed by atoms with Crippen LogP contribution >= 0.6 is 0 Å². The van der Waals surface area contributed by atoms with Gasteiger partial charge >= 0.3 is 5.63 Å². The third-order valence-corrected chi connectivity index (χ3v) is 4.86. The molecule has 0 N–H and O–H groups in total. The summed E-state index contributed by atoms with van der Waals surface area (Å²) in [5.74, 6) is 1.26. The molecule has 24 heavy (non-hydrogen) atoms. The number of fused-ring (bicyclic) bond motifs is 1. The molecule has 1 aromatic heterocycles. The van der Waals surface area contributed by atoms with Gasteiger partial charge in [0.2, 0.25) is 5.91 Å². The van der Waals surface area contributed by atoms with E-state index in [0.29, 0.717) is 30.1 Å². The lowest BCUT2D eigenvalue weighted by molar-refractivity contribution is -0.133. The minimum Gasteiger partial charge on any atom is -0.492 e. The molecule has 1 atom stereocenters. The maximum absolute atomic E-state index is 11.9. The van der Waals surface area contributed by atoms with Crippen LogP contribution in [0.4, 0.5) is 0 Å². The molecule has 2 aromatic rings. The molecule has 1 fully saturated rings. The SMILES string of the molecule is Cc1cc(OCC2CCC(=O)N(C)C2)c2c(C)c(C)c(=O)oc2c1. The van der Waals surface area contributed by atoms with E-state index in [2.05, 4.69) is 0 Å². The number of nitrogens with zero attached hydrogens (tertiary/aromatic N) is 1. The summed E-state index contributed by atoms with van der Waals surface area (Å²) in [5, 5.41) is 0.859. The summed E-state index contributed by atoms with van der Waals surface area (Å²) in [7, 11) is 1.83. The number of rotatable bonds is 3. The fraction of sp³-hybridized carbons (Fsp3) is 0.474. The lowest BCUT2D eigenvalue weighted by Crippen LogP contribution is -2.38. The van der Waals surface area contributed by atoms with E-state index in [1.807, 2.05) is 33.0 Å². The van der Waals surface area contributed by atoms with Gasteiger partial charge in [0.25, 0.3) is 0 Å². The second-order valence-corrected chi connectivity index (χ2v) is 6.77. The number of aryl methyl sites for hydroxylation is 2. The topological polar surface area (TPSA) is 59.8 Å². The molecule has 1 aliphatic heterocycles. The minimum absolute atomic E-state index is 0.195. The Balaban J connectivity index is 1.90. The van der Waals surface area contributed by atoms with Gasteiger partial charge in [0, 0.05) is 31.5 Å². The van der Waals surface area contributed by atoms with E-state index >= 15 is 0 Å². The smallest absolute Gasteiger partial charge is 0.339 e. The number of piperidine rings is 1. The van der Waals surface area contributed by atoms with Crippen LogP contribution in [0.15, 0.2) is 21.3 Å². The van der Waals surface area contributed by atoms with Gasteiger partial charge in [-0.05, 0) is 50.5 Å². The molecule has 1 aromatic carbocycles. The van der Waals surface area contributed by atoms with Crippen molar-refractivity contribution in [1.29, 1.82) is 0 Å². The molecule has 5 nitrogen and oxygen atoms in total. The van der Waals surface area contributed by atoms with Crippen molar-refractivity contribution in [3.05, 3.63) is 39.2 Å². The number of amides is 1. The highest BCUT2D eigenvalue weighted by molar-refractivity contribution is 5.88. The van der Waals surface area contributed by atoms with E-state index in [0.717, 1.165) is 35.2 Å². The Kier molecular flexibility index (Phi) is 4.35.